The molecule has 0 saturated heterocycles. The average molecular weight is 318 g/mol. The monoisotopic (exact) mass is 318 g/mol. The van der Waals surface area contributed by atoms with E-state index in [4.69, 9.17) is 15.3 Å². The lowest BCUT2D eigenvalue weighted by molar-refractivity contribution is -0.141. The lowest BCUT2D eigenvalue weighted by Crippen LogP contribution is -2.47. The fourth-order valence-corrected chi connectivity index (χ4v) is 1.93. The minimum atomic E-state index is -1.16. The van der Waals surface area contributed by atoms with Crippen LogP contribution in [0.3, 0.4) is 0 Å². The van der Waals surface area contributed by atoms with Crippen LogP contribution in [0.4, 0.5) is 0 Å². The second-order valence-corrected chi connectivity index (χ2v) is 5.62. The maximum atomic E-state index is 11.1. The third-order valence-corrected chi connectivity index (χ3v) is 3.21. The Morgan fingerprint density at radius 2 is 1.36 bits per heavy atom. The van der Waals surface area contributed by atoms with Gasteiger partial charge >= 0.3 is 17.9 Å². The molecule has 0 bridgehead atoms. The van der Waals surface area contributed by atoms with E-state index in [-0.39, 0.29) is 19.5 Å². The molecule has 0 aromatic rings. The van der Waals surface area contributed by atoms with Gasteiger partial charge in [0.15, 0.2) is 0 Å². The van der Waals surface area contributed by atoms with Gasteiger partial charge in [0.1, 0.15) is 12.1 Å². The van der Waals surface area contributed by atoms with Crippen molar-refractivity contribution in [2.75, 3.05) is 6.67 Å². The van der Waals surface area contributed by atoms with Crippen molar-refractivity contribution in [3.05, 3.63) is 0 Å². The molecule has 0 fully saturated rings. The number of nitrogens with one attached hydrogen (secondary N) is 2. The summed E-state index contributed by atoms with van der Waals surface area (Å²) < 4.78 is 0. The number of rotatable bonds is 13. The Morgan fingerprint density at radius 1 is 0.864 bits per heavy atom. The van der Waals surface area contributed by atoms with E-state index in [1.165, 1.54) is 0 Å². The lowest BCUT2D eigenvalue weighted by Gasteiger charge is -2.18. The summed E-state index contributed by atoms with van der Waals surface area (Å²) in [5.41, 5.74) is 0. The Balaban J connectivity index is 4.19. The molecule has 0 aliphatic carbocycles. The summed E-state index contributed by atoms with van der Waals surface area (Å²) in [7, 11) is 0. The zero-order valence-corrected chi connectivity index (χ0v) is 13.0. The molecule has 2 atom stereocenters. The largest absolute Gasteiger partial charge is 0.481 e. The van der Waals surface area contributed by atoms with E-state index in [2.05, 4.69) is 24.5 Å². The van der Waals surface area contributed by atoms with Gasteiger partial charge in [-0.25, -0.2) is 0 Å². The normalized spacial score (nSPS) is 13.8. The topological polar surface area (TPSA) is 136 Å². The van der Waals surface area contributed by atoms with E-state index in [0.717, 1.165) is 12.8 Å². The molecule has 8 nitrogen and oxygen atoms in total. The molecule has 0 aromatic carbocycles. The highest BCUT2D eigenvalue weighted by molar-refractivity contribution is 5.75. The minimum Gasteiger partial charge on any atom is -0.481 e. The molecule has 0 rings (SSSR count). The van der Waals surface area contributed by atoms with Crippen molar-refractivity contribution >= 4 is 17.9 Å². The van der Waals surface area contributed by atoms with Gasteiger partial charge in [0.25, 0.3) is 0 Å². The van der Waals surface area contributed by atoms with Gasteiger partial charge in [-0.3, -0.25) is 25.0 Å². The molecular weight excluding hydrogens is 292 g/mol. The van der Waals surface area contributed by atoms with Gasteiger partial charge in [-0.2, -0.15) is 0 Å². The van der Waals surface area contributed by atoms with Crippen LogP contribution in [0.5, 0.6) is 0 Å². The summed E-state index contributed by atoms with van der Waals surface area (Å²) >= 11 is 0. The van der Waals surface area contributed by atoms with Gasteiger partial charge in [-0.15, -0.1) is 0 Å². The van der Waals surface area contributed by atoms with Gasteiger partial charge in [0.05, 0.1) is 0 Å². The molecule has 22 heavy (non-hydrogen) atoms. The summed E-state index contributed by atoms with van der Waals surface area (Å²) in [5, 5.41) is 32.0. The molecule has 128 valence electrons. The standard InChI is InChI=1S/C14H26N2O6/c1-9(2)4-3-5-10(13(19)20)15-8-16-11(14(21)22)6-7-12(17)18/h9-11,15-16H,3-8H2,1-2H3,(H,17,18)(H,19,20)(H,21,22)/t10-,11-/m0/s1. The Hall–Kier alpha value is -1.67. The van der Waals surface area contributed by atoms with Crippen LogP contribution in [-0.2, 0) is 14.4 Å². The van der Waals surface area contributed by atoms with Crippen LogP contribution in [0.25, 0.3) is 0 Å². The average Bonchev–Trinajstić information content (AvgIpc) is 2.39. The Morgan fingerprint density at radius 3 is 1.77 bits per heavy atom. The van der Waals surface area contributed by atoms with Crippen LogP contribution < -0.4 is 10.6 Å². The SMILES string of the molecule is CC(C)CCC[C@H](NCN[C@@H](CCC(=O)O)C(=O)O)C(=O)O. The Bertz CT molecular complexity index is 372. The van der Waals surface area contributed by atoms with Gasteiger partial charge < -0.3 is 15.3 Å². The molecule has 0 amide bonds. The van der Waals surface area contributed by atoms with Crippen LogP contribution in [0, 0.1) is 5.92 Å². The van der Waals surface area contributed by atoms with Crippen LogP contribution >= 0.6 is 0 Å². The second-order valence-electron chi connectivity index (χ2n) is 5.62. The predicted octanol–water partition coefficient (Wildman–Crippen LogP) is 0.721. The number of hydrogen-bond donors (Lipinski definition) is 5. The number of aliphatic carboxylic acids is 3. The first kappa shape index (κ1) is 20.3. The first-order valence-electron chi connectivity index (χ1n) is 7.38. The highest BCUT2D eigenvalue weighted by Gasteiger charge is 2.20. The van der Waals surface area contributed by atoms with Crippen LogP contribution in [-0.4, -0.2) is 52.0 Å². The highest BCUT2D eigenvalue weighted by atomic mass is 16.4. The molecule has 0 unspecified atom stereocenters. The molecule has 0 aromatic heterocycles. The van der Waals surface area contributed by atoms with Crippen molar-refractivity contribution in [3.8, 4) is 0 Å². The van der Waals surface area contributed by atoms with Gasteiger partial charge in [-0.1, -0.05) is 26.7 Å². The molecule has 0 spiro atoms. The first-order valence-corrected chi connectivity index (χ1v) is 7.38. The minimum absolute atomic E-state index is 0.00473. The second kappa shape index (κ2) is 11.0. The quantitative estimate of drug-likeness (QED) is 0.313. The van der Waals surface area contributed by atoms with Crippen molar-refractivity contribution in [1.29, 1.82) is 0 Å². The van der Waals surface area contributed by atoms with Crippen molar-refractivity contribution in [2.45, 2.75) is 58.0 Å². The van der Waals surface area contributed by atoms with E-state index < -0.39 is 30.0 Å². The third-order valence-electron chi connectivity index (χ3n) is 3.21. The van der Waals surface area contributed by atoms with Crippen LogP contribution in [0.2, 0.25) is 0 Å². The molecule has 8 heteroatoms. The molecular formula is C14H26N2O6. The van der Waals surface area contributed by atoms with E-state index in [1.54, 1.807) is 0 Å². The van der Waals surface area contributed by atoms with Gasteiger partial charge in [0.2, 0.25) is 0 Å². The zero-order chi connectivity index (χ0) is 17.1. The molecule has 0 aliphatic heterocycles. The Labute approximate surface area is 129 Å². The number of carbonyl (C=O) groups is 3. The molecule has 5 N–H and O–H groups in total. The Kier molecular flexibility index (Phi) is 10.1. The summed E-state index contributed by atoms with van der Waals surface area (Å²) in [6.07, 6.45) is 1.83. The summed E-state index contributed by atoms with van der Waals surface area (Å²) in [4.78, 5) is 32.5. The molecule has 0 saturated carbocycles. The first-order chi connectivity index (χ1) is 10.2. The van der Waals surface area contributed by atoms with Crippen molar-refractivity contribution in [3.63, 3.8) is 0 Å². The van der Waals surface area contributed by atoms with E-state index in [0.29, 0.717) is 12.3 Å². The summed E-state index contributed by atoms with van der Waals surface area (Å²) in [6.45, 7) is 4.12. The molecule has 0 heterocycles. The number of carboxylic acids is 3. The van der Waals surface area contributed by atoms with Gasteiger partial charge in [0, 0.05) is 13.1 Å². The van der Waals surface area contributed by atoms with Crippen molar-refractivity contribution < 1.29 is 29.7 Å². The van der Waals surface area contributed by atoms with Crippen LogP contribution in [0.1, 0.15) is 46.0 Å². The smallest absolute Gasteiger partial charge is 0.320 e. The highest BCUT2D eigenvalue weighted by Crippen LogP contribution is 2.08. The van der Waals surface area contributed by atoms with Gasteiger partial charge in [-0.05, 0) is 18.8 Å². The van der Waals surface area contributed by atoms with Crippen LogP contribution in [0.15, 0.2) is 0 Å². The fourth-order valence-electron chi connectivity index (χ4n) is 1.93. The number of hydrogen-bond acceptors (Lipinski definition) is 5. The van der Waals surface area contributed by atoms with E-state index >= 15 is 0 Å². The maximum Gasteiger partial charge on any atom is 0.320 e. The van der Waals surface area contributed by atoms with E-state index in [1.807, 2.05) is 0 Å². The molecule has 0 aliphatic rings. The summed E-state index contributed by atoms with van der Waals surface area (Å²) in [5.74, 6) is -2.71. The summed E-state index contributed by atoms with van der Waals surface area (Å²) in [6, 6.07) is -1.77. The van der Waals surface area contributed by atoms with E-state index in [9.17, 15) is 14.4 Å². The predicted molar refractivity (Wildman–Crippen MR) is 79.5 cm³/mol. The lowest BCUT2D eigenvalue weighted by atomic mass is 10.0. The third kappa shape index (κ3) is 10.1. The molecule has 0 radical (unpaired) electrons. The zero-order valence-electron chi connectivity index (χ0n) is 13.0. The van der Waals surface area contributed by atoms with Crippen molar-refractivity contribution in [1.82, 2.24) is 10.6 Å². The van der Waals surface area contributed by atoms with Crippen molar-refractivity contribution in [2.24, 2.45) is 5.92 Å². The number of carboxylic acid groups (broad SMARTS) is 3. The fraction of sp³-hybridized carbons (Fsp3) is 0.786. The maximum absolute atomic E-state index is 11.1.